The van der Waals surface area contributed by atoms with Crippen molar-refractivity contribution in [1.29, 1.82) is 5.26 Å². The van der Waals surface area contributed by atoms with Crippen LogP contribution in [-0.4, -0.2) is 93.3 Å². The maximum Gasteiger partial charge on any atom is 0.351 e. The average molecular weight is 916 g/mol. The Morgan fingerprint density at radius 3 is 1.91 bits per heavy atom. The zero-order chi connectivity index (χ0) is 47.0. The van der Waals surface area contributed by atoms with E-state index in [1.807, 2.05) is 78.9 Å². The van der Waals surface area contributed by atoms with E-state index in [1.165, 1.54) is 16.4 Å². The van der Waals surface area contributed by atoms with Crippen molar-refractivity contribution in [3.05, 3.63) is 118 Å². The molecule has 0 N–H and O–H groups in total. The summed E-state index contributed by atoms with van der Waals surface area (Å²) in [5, 5.41) is 9.31. The van der Waals surface area contributed by atoms with Gasteiger partial charge in [0.2, 0.25) is 5.91 Å². The summed E-state index contributed by atoms with van der Waals surface area (Å²) >= 11 is 0. The summed E-state index contributed by atoms with van der Waals surface area (Å²) < 4.78 is 50.4. The van der Waals surface area contributed by atoms with Crippen LogP contribution < -0.4 is 20.1 Å². The molecule has 4 aromatic rings. The van der Waals surface area contributed by atoms with Crippen molar-refractivity contribution in [3.63, 3.8) is 0 Å². The smallest absolute Gasteiger partial charge is 0.351 e. The summed E-state index contributed by atoms with van der Waals surface area (Å²) in [5.41, 5.74) is 0.654. The zero-order valence-electron chi connectivity index (χ0n) is 39.6. The summed E-state index contributed by atoms with van der Waals surface area (Å²) in [7, 11) is 0.314. The standard InChI is InChI=1S/C48H66N5O9PSi/c1-33(2)53(34(3)4)63(59-31-17-29-49)61-43-41(60-45(44(43)62-64(12,13)47(6,7)8)52-30-28-42(50-46(52)55)51(9)35(5)54)32-58-48(36-18-15-14-16-19-36,37-20-24-39(56-10)25-21-37)38-22-26-40(57-11)27-23-38/h14-16,18-28,30,33-34,41,43-45H,17,31-32H2,1-13H3/t41-,43+,44?,45-,63?/m1/s1. The van der Waals surface area contributed by atoms with Gasteiger partial charge >= 0.3 is 5.69 Å². The van der Waals surface area contributed by atoms with Gasteiger partial charge in [0.1, 0.15) is 41.2 Å². The monoisotopic (exact) mass is 915 g/mol. The molecule has 0 bridgehead atoms. The molecule has 2 heterocycles. The van der Waals surface area contributed by atoms with Crippen molar-refractivity contribution >= 4 is 28.6 Å². The number of amides is 1. The molecule has 346 valence electrons. The first-order valence-electron chi connectivity index (χ1n) is 21.7. The first-order chi connectivity index (χ1) is 30.3. The second kappa shape index (κ2) is 21.7. The first-order valence-corrected chi connectivity index (χ1v) is 25.7. The van der Waals surface area contributed by atoms with Crippen LogP contribution in [0.4, 0.5) is 5.82 Å². The normalized spacial score (nSPS) is 18.6. The molecule has 0 saturated carbocycles. The Morgan fingerprint density at radius 2 is 1.44 bits per heavy atom. The highest BCUT2D eigenvalue weighted by molar-refractivity contribution is 7.44. The molecule has 14 nitrogen and oxygen atoms in total. The Hall–Kier alpha value is -4.49. The maximum atomic E-state index is 14.2. The quantitative estimate of drug-likeness (QED) is 0.0361. The van der Waals surface area contributed by atoms with E-state index in [0.717, 1.165) is 16.7 Å². The highest BCUT2D eigenvalue weighted by Gasteiger charge is 2.54. The van der Waals surface area contributed by atoms with E-state index >= 15 is 0 Å². The number of nitrogens with zero attached hydrogens (tertiary/aromatic N) is 5. The van der Waals surface area contributed by atoms with E-state index in [9.17, 15) is 14.9 Å². The van der Waals surface area contributed by atoms with Gasteiger partial charge < -0.3 is 32.4 Å². The second-order valence-electron chi connectivity index (χ2n) is 17.9. The van der Waals surface area contributed by atoms with Gasteiger partial charge in [0.05, 0.1) is 39.9 Å². The number of benzene rings is 3. The molecule has 5 atom stereocenters. The minimum absolute atomic E-state index is 0.00530. The van der Waals surface area contributed by atoms with Gasteiger partial charge in [-0.3, -0.25) is 14.3 Å². The van der Waals surface area contributed by atoms with Crippen LogP contribution in [0.5, 0.6) is 11.5 Å². The van der Waals surface area contributed by atoms with E-state index in [1.54, 1.807) is 33.5 Å². The molecule has 1 amide bonds. The summed E-state index contributed by atoms with van der Waals surface area (Å²) in [4.78, 5) is 32.1. The second-order valence-corrected chi connectivity index (χ2v) is 24.1. The Bertz CT molecular complexity index is 2170. The number of carbonyl (C=O) groups excluding carboxylic acids is 1. The van der Waals surface area contributed by atoms with E-state index in [4.69, 9.17) is 32.4 Å². The summed E-state index contributed by atoms with van der Waals surface area (Å²) in [5.74, 6) is 1.30. The van der Waals surface area contributed by atoms with Gasteiger partial charge in [0, 0.05) is 32.3 Å². The fourth-order valence-electron chi connectivity index (χ4n) is 7.46. The van der Waals surface area contributed by atoms with Gasteiger partial charge in [-0.05, 0) is 92.8 Å². The van der Waals surface area contributed by atoms with Crippen LogP contribution in [0.3, 0.4) is 0 Å². The lowest BCUT2D eigenvalue weighted by atomic mass is 9.80. The molecule has 0 spiro atoms. The Morgan fingerprint density at radius 1 is 0.891 bits per heavy atom. The highest BCUT2D eigenvalue weighted by atomic mass is 31.2. The lowest BCUT2D eigenvalue weighted by Crippen LogP contribution is -2.50. The predicted octanol–water partition coefficient (Wildman–Crippen LogP) is 9.20. The predicted molar refractivity (Wildman–Crippen MR) is 252 cm³/mol. The topological polar surface area (TPSA) is 147 Å². The Labute approximate surface area is 381 Å². The molecule has 0 radical (unpaired) electrons. The number of hydrogen-bond donors (Lipinski definition) is 0. The van der Waals surface area contributed by atoms with Crippen molar-refractivity contribution in [1.82, 2.24) is 14.2 Å². The van der Waals surface area contributed by atoms with Crippen LogP contribution in [0.1, 0.15) is 84.7 Å². The maximum absolute atomic E-state index is 14.2. The Kier molecular flexibility index (Phi) is 17.1. The number of anilines is 1. The number of hydrogen-bond acceptors (Lipinski definition) is 12. The number of nitriles is 1. The van der Waals surface area contributed by atoms with Gasteiger partial charge in [-0.25, -0.2) is 9.46 Å². The fourth-order valence-corrected chi connectivity index (χ4v) is 10.5. The molecule has 1 aliphatic heterocycles. The van der Waals surface area contributed by atoms with Crippen LogP contribution in [0, 0.1) is 11.3 Å². The van der Waals surface area contributed by atoms with Crippen molar-refractivity contribution in [2.24, 2.45) is 0 Å². The molecule has 3 aromatic carbocycles. The van der Waals surface area contributed by atoms with Gasteiger partial charge in [-0.1, -0.05) is 75.4 Å². The molecular weight excluding hydrogens is 850 g/mol. The summed E-state index contributed by atoms with van der Waals surface area (Å²) in [6, 6.07) is 29.3. The number of aromatic nitrogens is 2. The van der Waals surface area contributed by atoms with E-state index in [0.29, 0.717) is 11.5 Å². The number of rotatable bonds is 20. The number of carbonyl (C=O) groups is 1. The van der Waals surface area contributed by atoms with Crippen molar-refractivity contribution < 1.29 is 37.2 Å². The largest absolute Gasteiger partial charge is 0.497 e. The molecule has 0 aliphatic carbocycles. The van der Waals surface area contributed by atoms with Crippen LogP contribution in [0.2, 0.25) is 18.1 Å². The number of ether oxygens (including phenoxy) is 4. The van der Waals surface area contributed by atoms with Crippen LogP contribution in [0.25, 0.3) is 0 Å². The van der Waals surface area contributed by atoms with Gasteiger partial charge in [-0.2, -0.15) is 10.2 Å². The molecule has 5 rings (SSSR count). The SMILES string of the molecule is COc1ccc(C(OC[C@H]2O[C@@H](n3ccc(N(C)C(C)=O)nc3=O)C(O[Si](C)(C)C(C)(C)C)[C@H]2OP(OCCC#N)N(C(C)C)C(C)C)(c2ccccc2)c2ccc(OC)cc2)cc1. The minimum atomic E-state index is -2.67. The summed E-state index contributed by atoms with van der Waals surface area (Å²) in [6.07, 6.45) is -1.90. The molecule has 1 saturated heterocycles. The van der Waals surface area contributed by atoms with Crippen LogP contribution in [-0.2, 0) is 33.3 Å². The third kappa shape index (κ3) is 11.3. The van der Waals surface area contributed by atoms with E-state index < -0.39 is 52.7 Å². The van der Waals surface area contributed by atoms with E-state index in [-0.39, 0.29) is 48.5 Å². The molecule has 1 aromatic heterocycles. The van der Waals surface area contributed by atoms with Crippen molar-refractivity contribution in [3.8, 4) is 17.6 Å². The van der Waals surface area contributed by atoms with Gasteiger partial charge in [0.25, 0.3) is 8.53 Å². The molecular formula is C48H66N5O9PSi. The molecule has 64 heavy (non-hydrogen) atoms. The van der Waals surface area contributed by atoms with Crippen molar-refractivity contribution in [2.75, 3.05) is 39.4 Å². The van der Waals surface area contributed by atoms with Gasteiger partial charge in [-0.15, -0.1) is 0 Å². The third-order valence-corrected chi connectivity index (χ3v) is 18.5. The highest BCUT2D eigenvalue weighted by Crippen LogP contribution is 2.52. The van der Waals surface area contributed by atoms with Crippen molar-refractivity contribution in [2.45, 2.75) is 122 Å². The average Bonchev–Trinajstić information content (AvgIpc) is 3.58. The lowest BCUT2D eigenvalue weighted by molar-refractivity contribution is -0.116. The Balaban J connectivity index is 1.75. The first kappa shape index (κ1) is 50.5. The minimum Gasteiger partial charge on any atom is -0.497 e. The molecule has 16 heteroatoms. The number of methoxy groups -OCH3 is 2. The third-order valence-electron chi connectivity index (χ3n) is 11.9. The molecule has 1 aliphatic rings. The van der Waals surface area contributed by atoms with E-state index in [2.05, 4.69) is 77.3 Å². The lowest BCUT2D eigenvalue weighted by Gasteiger charge is -2.42. The summed E-state index contributed by atoms with van der Waals surface area (Å²) in [6.45, 7) is 20.5. The fraction of sp³-hybridized carbons (Fsp3) is 0.500. The zero-order valence-corrected chi connectivity index (χ0v) is 41.5. The molecule has 2 unspecified atom stereocenters. The van der Waals surface area contributed by atoms with Gasteiger partial charge in [0.15, 0.2) is 14.5 Å². The van der Waals surface area contributed by atoms with Crippen LogP contribution in [0.15, 0.2) is 95.9 Å². The molecule has 1 fully saturated rings. The van der Waals surface area contributed by atoms with Crippen LogP contribution >= 0.6 is 8.53 Å².